The molecule has 0 heterocycles. The molecule has 2 aromatic carbocycles. The van der Waals surface area contributed by atoms with E-state index in [2.05, 4.69) is 13.0 Å². The van der Waals surface area contributed by atoms with Crippen LogP contribution in [0, 0.1) is 6.92 Å². The lowest BCUT2D eigenvalue weighted by Gasteiger charge is -2.12. The van der Waals surface area contributed by atoms with Crippen LogP contribution < -0.4 is 0 Å². The monoisotopic (exact) mass is 292 g/mol. The maximum Gasteiger partial charge on any atom is 0.332 e. The van der Waals surface area contributed by atoms with Crippen molar-refractivity contribution in [2.24, 2.45) is 0 Å². The number of hydrogen-bond donors (Lipinski definition) is 1. The molecular formula is C16H21O3P. The normalized spacial score (nSPS) is 14.3. The molecule has 0 aliphatic rings. The molecule has 0 aliphatic carbocycles. The van der Waals surface area contributed by atoms with Gasteiger partial charge in [-0.15, -0.1) is 0 Å². The van der Waals surface area contributed by atoms with Crippen molar-refractivity contribution in [1.82, 2.24) is 0 Å². The summed E-state index contributed by atoms with van der Waals surface area (Å²) in [6.45, 7) is 4.42. The molecule has 1 unspecified atom stereocenters. The van der Waals surface area contributed by atoms with E-state index in [1.54, 1.807) is 0 Å². The zero-order chi connectivity index (χ0) is 14.6. The average molecular weight is 292 g/mol. The number of benzene rings is 2. The molecule has 0 spiro atoms. The van der Waals surface area contributed by atoms with Crippen LogP contribution in [0.3, 0.4) is 0 Å². The number of unbranched alkanes of at least 4 members (excludes halogenated alkanes) is 1. The number of rotatable bonds is 6. The number of hydrogen-bond acceptors (Lipinski definition) is 2. The van der Waals surface area contributed by atoms with E-state index in [1.807, 2.05) is 37.3 Å². The van der Waals surface area contributed by atoms with E-state index in [0.29, 0.717) is 6.61 Å². The van der Waals surface area contributed by atoms with E-state index in [4.69, 9.17) is 4.52 Å². The van der Waals surface area contributed by atoms with Crippen molar-refractivity contribution in [3.05, 3.63) is 47.5 Å². The highest BCUT2D eigenvalue weighted by Gasteiger charge is 2.19. The minimum Gasteiger partial charge on any atom is -0.324 e. The lowest BCUT2D eigenvalue weighted by atomic mass is 10.1. The Morgan fingerprint density at radius 2 is 1.85 bits per heavy atom. The van der Waals surface area contributed by atoms with Crippen LogP contribution in [0.15, 0.2) is 36.4 Å². The summed E-state index contributed by atoms with van der Waals surface area (Å²) in [7, 11) is -3.53. The molecule has 0 radical (unpaired) electrons. The predicted molar refractivity (Wildman–Crippen MR) is 83.1 cm³/mol. The summed E-state index contributed by atoms with van der Waals surface area (Å²) < 4.78 is 17.1. The molecule has 0 amide bonds. The average Bonchev–Trinajstić information content (AvgIpc) is 2.38. The quantitative estimate of drug-likeness (QED) is 0.622. The van der Waals surface area contributed by atoms with Gasteiger partial charge in [-0.1, -0.05) is 55.3 Å². The Bertz CT molecular complexity index is 637. The van der Waals surface area contributed by atoms with E-state index >= 15 is 0 Å². The molecule has 0 bridgehead atoms. The number of fused-ring (bicyclic) bond motifs is 1. The van der Waals surface area contributed by atoms with Crippen molar-refractivity contribution in [3.63, 3.8) is 0 Å². The Balaban J connectivity index is 2.13. The molecule has 0 saturated heterocycles. The zero-order valence-electron chi connectivity index (χ0n) is 12.0. The molecule has 1 atom stereocenters. The van der Waals surface area contributed by atoms with Gasteiger partial charge in [-0.25, -0.2) is 0 Å². The van der Waals surface area contributed by atoms with Gasteiger partial charge in [0.1, 0.15) is 0 Å². The van der Waals surface area contributed by atoms with E-state index in [9.17, 15) is 9.46 Å². The maximum absolute atomic E-state index is 12.0. The molecule has 0 saturated carbocycles. The van der Waals surface area contributed by atoms with Gasteiger partial charge in [-0.2, -0.15) is 0 Å². The van der Waals surface area contributed by atoms with E-state index in [1.165, 1.54) is 5.56 Å². The molecule has 2 rings (SSSR count). The third kappa shape index (κ3) is 4.17. The van der Waals surface area contributed by atoms with Gasteiger partial charge < -0.3 is 9.42 Å². The standard InChI is InChI=1S/C16H21O3P/c1-3-4-9-19-20(17,18)12-14-6-8-15-10-13(2)5-7-16(15)11-14/h5-8,10-11H,3-4,9,12H2,1-2H3,(H,17,18). The summed E-state index contributed by atoms with van der Waals surface area (Å²) in [5.74, 6) is 0. The van der Waals surface area contributed by atoms with Crippen LogP contribution >= 0.6 is 7.60 Å². The van der Waals surface area contributed by atoms with Crippen LogP contribution in [-0.4, -0.2) is 11.5 Å². The zero-order valence-corrected chi connectivity index (χ0v) is 12.9. The summed E-state index contributed by atoms with van der Waals surface area (Å²) in [5, 5.41) is 2.23. The molecule has 108 valence electrons. The van der Waals surface area contributed by atoms with E-state index < -0.39 is 7.60 Å². The molecule has 0 fully saturated rings. The Labute approximate surface area is 120 Å². The predicted octanol–water partition coefficient (Wildman–Crippen LogP) is 4.65. The summed E-state index contributed by atoms with van der Waals surface area (Å²) >= 11 is 0. The van der Waals surface area contributed by atoms with Crippen molar-refractivity contribution in [2.75, 3.05) is 6.61 Å². The van der Waals surface area contributed by atoms with E-state index in [-0.39, 0.29) is 6.16 Å². The molecule has 4 heteroatoms. The van der Waals surface area contributed by atoms with Gasteiger partial charge in [0.2, 0.25) is 0 Å². The maximum atomic E-state index is 12.0. The third-order valence-electron chi connectivity index (χ3n) is 3.23. The Morgan fingerprint density at radius 3 is 2.60 bits per heavy atom. The largest absolute Gasteiger partial charge is 0.332 e. The molecule has 1 N–H and O–H groups in total. The minimum absolute atomic E-state index is 0.0700. The van der Waals surface area contributed by atoms with E-state index in [0.717, 1.165) is 29.2 Å². The highest BCUT2D eigenvalue weighted by molar-refractivity contribution is 7.51. The highest BCUT2D eigenvalue weighted by Crippen LogP contribution is 2.46. The fourth-order valence-corrected chi connectivity index (χ4v) is 3.30. The molecule has 3 nitrogen and oxygen atoms in total. The summed E-state index contributed by atoms with van der Waals surface area (Å²) in [6.07, 6.45) is 1.83. The second kappa shape index (κ2) is 6.53. The van der Waals surface area contributed by atoms with Gasteiger partial charge in [0.15, 0.2) is 0 Å². The molecular weight excluding hydrogens is 271 g/mol. The van der Waals surface area contributed by atoms with Gasteiger partial charge in [0.25, 0.3) is 0 Å². The second-order valence-electron chi connectivity index (χ2n) is 5.17. The first-order valence-corrected chi connectivity index (χ1v) is 8.72. The SMILES string of the molecule is CCCCOP(=O)(O)Cc1ccc2cc(C)ccc2c1. The lowest BCUT2D eigenvalue weighted by molar-refractivity contribution is 0.254. The first kappa shape index (κ1) is 15.2. The topological polar surface area (TPSA) is 46.5 Å². The van der Waals surface area contributed by atoms with Crippen LogP contribution in [0.5, 0.6) is 0 Å². The Kier molecular flexibility index (Phi) is 4.98. The molecule has 0 aliphatic heterocycles. The van der Waals surface area contributed by atoms with Gasteiger partial charge >= 0.3 is 7.60 Å². The van der Waals surface area contributed by atoms with Crippen LogP contribution in [0.1, 0.15) is 30.9 Å². The molecule has 2 aromatic rings. The minimum atomic E-state index is -3.53. The van der Waals surface area contributed by atoms with Gasteiger partial charge in [-0.3, -0.25) is 4.57 Å². The first-order valence-electron chi connectivity index (χ1n) is 6.96. The fourth-order valence-electron chi connectivity index (χ4n) is 2.14. The highest BCUT2D eigenvalue weighted by atomic mass is 31.2. The Hall–Kier alpha value is -1.15. The first-order chi connectivity index (χ1) is 9.50. The van der Waals surface area contributed by atoms with Gasteiger partial charge in [0, 0.05) is 0 Å². The van der Waals surface area contributed by atoms with Gasteiger partial charge in [-0.05, 0) is 29.7 Å². The molecule has 20 heavy (non-hydrogen) atoms. The number of aryl methyl sites for hydroxylation is 1. The van der Waals surface area contributed by atoms with Gasteiger partial charge in [0.05, 0.1) is 12.8 Å². The van der Waals surface area contributed by atoms with Crippen molar-refractivity contribution in [3.8, 4) is 0 Å². The van der Waals surface area contributed by atoms with Crippen molar-refractivity contribution in [2.45, 2.75) is 32.9 Å². The summed E-state index contributed by atoms with van der Waals surface area (Å²) in [5.41, 5.74) is 2.05. The summed E-state index contributed by atoms with van der Waals surface area (Å²) in [6, 6.07) is 12.0. The van der Waals surface area contributed by atoms with Crippen LogP contribution in [-0.2, 0) is 15.3 Å². The van der Waals surface area contributed by atoms with Crippen molar-refractivity contribution < 1.29 is 14.0 Å². The second-order valence-corrected chi connectivity index (χ2v) is 7.02. The van der Waals surface area contributed by atoms with Crippen LogP contribution in [0.2, 0.25) is 0 Å². The smallest absolute Gasteiger partial charge is 0.324 e. The third-order valence-corrected chi connectivity index (χ3v) is 4.58. The fraction of sp³-hybridized carbons (Fsp3) is 0.375. The van der Waals surface area contributed by atoms with Crippen LogP contribution in [0.4, 0.5) is 0 Å². The van der Waals surface area contributed by atoms with Crippen LogP contribution in [0.25, 0.3) is 10.8 Å². The van der Waals surface area contributed by atoms with Crippen molar-refractivity contribution >= 4 is 18.4 Å². The Morgan fingerprint density at radius 1 is 1.15 bits per heavy atom. The summed E-state index contributed by atoms with van der Waals surface area (Å²) in [4.78, 5) is 9.84. The van der Waals surface area contributed by atoms with Crippen molar-refractivity contribution in [1.29, 1.82) is 0 Å². The lowest BCUT2D eigenvalue weighted by Crippen LogP contribution is -1.96. The molecule has 0 aromatic heterocycles.